The number of anilines is 2. The van der Waals surface area contributed by atoms with Crippen molar-refractivity contribution in [3.05, 3.63) is 18.7 Å². The number of nitrogens with two attached hydrogens (primary N) is 1. The second kappa shape index (κ2) is 6.00. The van der Waals surface area contributed by atoms with Crippen LogP contribution in [-0.2, 0) is 16.6 Å². The van der Waals surface area contributed by atoms with Crippen LogP contribution in [0.25, 0.3) is 0 Å². The summed E-state index contributed by atoms with van der Waals surface area (Å²) >= 11 is 1.04. The van der Waals surface area contributed by atoms with E-state index in [1.54, 1.807) is 12.5 Å². The number of rotatable bonds is 6. The molecule has 0 amide bonds. The molecule has 0 aliphatic carbocycles. The number of nitrogen functional groups attached to an aromatic ring is 1. The average Bonchev–Trinajstić information content (AvgIpc) is 2.99. The molecule has 0 spiro atoms. The molecule has 8 nitrogen and oxygen atoms in total. The van der Waals surface area contributed by atoms with E-state index in [9.17, 15) is 8.42 Å². The molecule has 10 heteroatoms. The van der Waals surface area contributed by atoms with Gasteiger partial charge in [0.05, 0.1) is 6.33 Å². The van der Waals surface area contributed by atoms with Gasteiger partial charge in [-0.1, -0.05) is 0 Å². The first kappa shape index (κ1) is 15.7. The highest BCUT2D eigenvalue weighted by atomic mass is 32.2. The Morgan fingerprint density at radius 2 is 2.24 bits per heavy atom. The van der Waals surface area contributed by atoms with E-state index in [0.717, 1.165) is 15.8 Å². The van der Waals surface area contributed by atoms with E-state index < -0.39 is 10.0 Å². The maximum atomic E-state index is 12.3. The zero-order valence-electron chi connectivity index (χ0n) is 12.0. The summed E-state index contributed by atoms with van der Waals surface area (Å²) in [5.41, 5.74) is 5.72. The van der Waals surface area contributed by atoms with E-state index >= 15 is 0 Å². The van der Waals surface area contributed by atoms with Gasteiger partial charge in [-0.2, -0.15) is 4.37 Å². The van der Waals surface area contributed by atoms with Crippen molar-refractivity contribution in [3.63, 3.8) is 0 Å². The van der Waals surface area contributed by atoms with E-state index in [0.29, 0.717) is 11.5 Å². The molecule has 116 valence electrons. The number of hydrogen-bond acceptors (Lipinski definition) is 7. The van der Waals surface area contributed by atoms with Crippen LogP contribution in [0.3, 0.4) is 0 Å². The highest BCUT2D eigenvalue weighted by Gasteiger charge is 2.28. The van der Waals surface area contributed by atoms with E-state index in [-0.39, 0.29) is 16.8 Å². The monoisotopic (exact) mass is 330 g/mol. The summed E-state index contributed by atoms with van der Waals surface area (Å²) in [6.07, 6.45) is 5.24. The molecular formula is C11H18N6O2S2. The van der Waals surface area contributed by atoms with E-state index in [1.807, 2.05) is 17.7 Å². The van der Waals surface area contributed by atoms with Gasteiger partial charge in [-0.3, -0.25) is 0 Å². The molecule has 2 aromatic heterocycles. The molecule has 0 saturated carbocycles. The van der Waals surface area contributed by atoms with Gasteiger partial charge >= 0.3 is 0 Å². The summed E-state index contributed by atoms with van der Waals surface area (Å²) in [5.74, 6) is 0.0195. The first-order valence-corrected chi connectivity index (χ1v) is 8.43. The van der Waals surface area contributed by atoms with Gasteiger partial charge in [0.15, 0.2) is 10.7 Å². The normalized spacial score (nSPS) is 13.5. The van der Waals surface area contributed by atoms with Crippen LogP contribution >= 0.6 is 11.5 Å². The molecule has 0 aromatic carbocycles. The lowest BCUT2D eigenvalue weighted by Crippen LogP contribution is -2.26. The van der Waals surface area contributed by atoms with Gasteiger partial charge in [0, 0.05) is 39.1 Å². The lowest BCUT2D eigenvalue weighted by molar-refractivity contribution is 0.521. The summed E-state index contributed by atoms with van der Waals surface area (Å²) in [6, 6.07) is -0.00448. The van der Waals surface area contributed by atoms with Crippen molar-refractivity contribution in [2.24, 2.45) is 0 Å². The fraction of sp³-hybridized carbons (Fsp3) is 0.455. The lowest BCUT2D eigenvalue weighted by Gasteiger charge is -2.17. The minimum atomic E-state index is -3.63. The smallest absolute Gasteiger partial charge is 0.249 e. The third kappa shape index (κ3) is 3.34. The molecule has 2 aromatic rings. The Morgan fingerprint density at radius 3 is 2.81 bits per heavy atom. The minimum Gasteiger partial charge on any atom is -0.382 e. The quantitative estimate of drug-likeness (QED) is 0.806. The first-order valence-electron chi connectivity index (χ1n) is 6.22. The Balaban J connectivity index is 2.22. The van der Waals surface area contributed by atoms with Crippen molar-refractivity contribution in [2.75, 3.05) is 25.1 Å². The zero-order chi connectivity index (χ0) is 15.6. The van der Waals surface area contributed by atoms with E-state index in [1.165, 1.54) is 14.1 Å². The molecule has 2 rings (SSSR count). The summed E-state index contributed by atoms with van der Waals surface area (Å²) in [4.78, 5) is 4.01. The Labute approximate surface area is 127 Å². The minimum absolute atomic E-state index is 0.00448. The number of aromatic nitrogens is 3. The Morgan fingerprint density at radius 1 is 1.52 bits per heavy atom. The van der Waals surface area contributed by atoms with Gasteiger partial charge in [0.1, 0.15) is 5.00 Å². The third-order valence-corrected chi connectivity index (χ3v) is 5.65. The molecule has 0 saturated heterocycles. The molecule has 0 aliphatic heterocycles. The molecular weight excluding hydrogens is 312 g/mol. The maximum absolute atomic E-state index is 12.3. The number of sulfonamides is 1. The molecule has 21 heavy (non-hydrogen) atoms. The van der Waals surface area contributed by atoms with Crippen LogP contribution in [0, 0.1) is 0 Å². The summed E-state index contributed by atoms with van der Waals surface area (Å²) in [6.45, 7) is 2.60. The first-order chi connectivity index (χ1) is 9.82. The third-order valence-electron chi connectivity index (χ3n) is 2.83. The van der Waals surface area contributed by atoms with Crippen molar-refractivity contribution >= 4 is 32.4 Å². The van der Waals surface area contributed by atoms with E-state index in [2.05, 4.69) is 14.7 Å². The van der Waals surface area contributed by atoms with Crippen molar-refractivity contribution in [1.29, 1.82) is 0 Å². The van der Waals surface area contributed by atoms with Crippen molar-refractivity contribution < 1.29 is 8.42 Å². The van der Waals surface area contributed by atoms with Crippen LogP contribution in [0.15, 0.2) is 23.6 Å². The molecule has 1 atom stereocenters. The fourth-order valence-corrected chi connectivity index (χ4v) is 3.97. The second-order valence-corrected chi connectivity index (χ2v) is 7.68. The highest BCUT2D eigenvalue weighted by Crippen LogP contribution is 2.33. The number of hydrogen-bond donors (Lipinski definition) is 2. The van der Waals surface area contributed by atoms with Gasteiger partial charge in [-0.25, -0.2) is 17.7 Å². The Kier molecular flexibility index (Phi) is 4.49. The maximum Gasteiger partial charge on any atom is 0.249 e. The molecule has 2 heterocycles. The van der Waals surface area contributed by atoms with Crippen LogP contribution in [0.5, 0.6) is 0 Å². The number of nitrogens with one attached hydrogen (secondary N) is 1. The van der Waals surface area contributed by atoms with Crippen molar-refractivity contribution in [1.82, 2.24) is 18.2 Å². The second-order valence-electron chi connectivity index (χ2n) is 4.82. The summed E-state index contributed by atoms with van der Waals surface area (Å²) in [7, 11) is -0.701. The highest BCUT2D eigenvalue weighted by molar-refractivity contribution is 7.89. The average molecular weight is 330 g/mol. The zero-order valence-corrected chi connectivity index (χ0v) is 13.6. The fourth-order valence-electron chi connectivity index (χ4n) is 1.80. The molecule has 0 aliphatic rings. The van der Waals surface area contributed by atoms with Crippen LogP contribution in [0.4, 0.5) is 10.8 Å². The predicted molar refractivity (Wildman–Crippen MR) is 82.7 cm³/mol. The standard InChI is InChI=1S/C11H18N6O2S2/c1-8(6-17-5-4-13-7-17)14-11-9(10(12)15-20-11)21(18,19)16(2)3/h4-5,7-8,14H,6H2,1-3H3,(H2,12,15). The lowest BCUT2D eigenvalue weighted by atomic mass is 10.3. The van der Waals surface area contributed by atoms with Crippen molar-refractivity contribution in [3.8, 4) is 0 Å². The van der Waals surface area contributed by atoms with Gasteiger partial charge in [0.25, 0.3) is 0 Å². The van der Waals surface area contributed by atoms with Crippen LogP contribution < -0.4 is 11.1 Å². The predicted octanol–water partition coefficient (Wildman–Crippen LogP) is 0.673. The molecule has 0 bridgehead atoms. The van der Waals surface area contributed by atoms with E-state index in [4.69, 9.17) is 5.73 Å². The van der Waals surface area contributed by atoms with Gasteiger partial charge < -0.3 is 15.6 Å². The largest absolute Gasteiger partial charge is 0.382 e. The number of nitrogens with zero attached hydrogens (tertiary/aromatic N) is 4. The van der Waals surface area contributed by atoms with Crippen LogP contribution in [-0.4, -0.2) is 46.8 Å². The topological polar surface area (TPSA) is 106 Å². The van der Waals surface area contributed by atoms with Gasteiger partial charge in [0.2, 0.25) is 10.0 Å². The molecule has 1 unspecified atom stereocenters. The van der Waals surface area contributed by atoms with Crippen LogP contribution in [0.1, 0.15) is 6.92 Å². The summed E-state index contributed by atoms with van der Waals surface area (Å²) < 4.78 is 31.6. The van der Waals surface area contributed by atoms with Crippen molar-refractivity contribution in [2.45, 2.75) is 24.4 Å². The van der Waals surface area contributed by atoms with Gasteiger partial charge in [-0.15, -0.1) is 0 Å². The Bertz CT molecular complexity index is 692. The molecule has 0 radical (unpaired) electrons. The molecule has 0 fully saturated rings. The van der Waals surface area contributed by atoms with Gasteiger partial charge in [-0.05, 0) is 18.5 Å². The molecule has 3 N–H and O–H groups in total. The summed E-state index contributed by atoms with van der Waals surface area (Å²) in [5, 5.41) is 3.60. The SMILES string of the molecule is CC(Cn1ccnc1)Nc1snc(N)c1S(=O)(=O)N(C)C. The Hall–Kier alpha value is -1.65. The number of imidazole rings is 1. The van der Waals surface area contributed by atoms with Crippen LogP contribution in [0.2, 0.25) is 0 Å².